The summed E-state index contributed by atoms with van der Waals surface area (Å²) in [7, 11) is 0. The Morgan fingerprint density at radius 3 is 2.61 bits per heavy atom. The van der Waals surface area contributed by atoms with E-state index in [0.29, 0.717) is 16.5 Å². The highest BCUT2D eigenvalue weighted by molar-refractivity contribution is 8.04. The number of aryl methyl sites for hydroxylation is 1. The van der Waals surface area contributed by atoms with E-state index in [4.69, 9.17) is 11.6 Å². The molecule has 0 radical (unpaired) electrons. The Labute approximate surface area is 190 Å². The molecule has 0 saturated carbocycles. The van der Waals surface area contributed by atoms with E-state index >= 15 is 0 Å². The van der Waals surface area contributed by atoms with Gasteiger partial charge in [-0.05, 0) is 48.4 Å². The van der Waals surface area contributed by atoms with E-state index in [9.17, 15) is 9.59 Å². The van der Waals surface area contributed by atoms with Crippen molar-refractivity contribution in [1.82, 2.24) is 5.32 Å². The lowest BCUT2D eigenvalue weighted by atomic mass is 10.1. The van der Waals surface area contributed by atoms with Crippen LogP contribution >= 0.6 is 23.4 Å². The number of nitrogens with one attached hydrogen (secondary N) is 1. The van der Waals surface area contributed by atoms with Gasteiger partial charge >= 0.3 is 0 Å². The molecule has 0 unspecified atom stereocenters. The molecule has 0 aromatic heterocycles. The third kappa shape index (κ3) is 5.19. The molecule has 3 aromatic rings. The monoisotopic (exact) mass is 448 g/mol. The Kier molecular flexibility index (Phi) is 6.44. The van der Waals surface area contributed by atoms with Crippen molar-refractivity contribution in [1.29, 1.82) is 0 Å². The Balaban J connectivity index is 1.54. The average Bonchev–Trinajstić information content (AvgIpc) is 2.76. The van der Waals surface area contributed by atoms with Crippen LogP contribution in [-0.2, 0) is 16.1 Å². The topological polar surface area (TPSA) is 49.4 Å². The second kappa shape index (κ2) is 9.41. The fraction of sp³-hybridized carbons (Fsp3) is 0.120. The van der Waals surface area contributed by atoms with Crippen molar-refractivity contribution in [2.75, 3.05) is 11.4 Å². The molecule has 156 valence electrons. The number of rotatable bonds is 5. The van der Waals surface area contributed by atoms with E-state index in [1.54, 1.807) is 6.07 Å². The molecule has 4 nitrogen and oxygen atoms in total. The molecule has 1 aliphatic rings. The Morgan fingerprint density at radius 1 is 1.06 bits per heavy atom. The first kappa shape index (κ1) is 21.2. The zero-order chi connectivity index (χ0) is 21.8. The lowest BCUT2D eigenvalue weighted by Crippen LogP contribution is -2.42. The third-order valence-electron chi connectivity index (χ3n) is 4.89. The van der Waals surface area contributed by atoms with Crippen LogP contribution in [0.2, 0.25) is 5.02 Å². The van der Waals surface area contributed by atoms with E-state index in [1.807, 2.05) is 79.7 Å². The van der Waals surface area contributed by atoms with E-state index < -0.39 is 0 Å². The molecule has 1 N–H and O–H groups in total. The van der Waals surface area contributed by atoms with Gasteiger partial charge in [0.25, 0.3) is 5.91 Å². The average molecular weight is 449 g/mol. The van der Waals surface area contributed by atoms with Gasteiger partial charge in [-0.25, -0.2) is 0 Å². The largest absolute Gasteiger partial charge is 0.350 e. The fourth-order valence-corrected chi connectivity index (χ4v) is 4.53. The Morgan fingerprint density at radius 2 is 1.84 bits per heavy atom. The van der Waals surface area contributed by atoms with Crippen LogP contribution in [0.15, 0.2) is 82.6 Å². The molecule has 0 aliphatic carbocycles. The van der Waals surface area contributed by atoms with E-state index in [1.165, 1.54) is 22.2 Å². The molecule has 6 heteroatoms. The maximum atomic E-state index is 13.2. The van der Waals surface area contributed by atoms with Gasteiger partial charge in [-0.3, -0.25) is 14.5 Å². The molecule has 0 saturated heterocycles. The van der Waals surface area contributed by atoms with Crippen LogP contribution in [0.5, 0.6) is 0 Å². The van der Waals surface area contributed by atoms with E-state index in [0.717, 1.165) is 21.7 Å². The van der Waals surface area contributed by atoms with Gasteiger partial charge in [0.05, 0.1) is 10.6 Å². The van der Waals surface area contributed by atoms with Gasteiger partial charge < -0.3 is 5.32 Å². The normalized spacial score (nSPS) is 14.5. The number of halogens is 1. The number of fused-ring (bicyclic) bond motifs is 1. The predicted molar refractivity (Wildman–Crippen MR) is 127 cm³/mol. The number of thioether (sulfide) groups is 1. The molecule has 3 aromatic carbocycles. The molecule has 0 spiro atoms. The summed E-state index contributed by atoms with van der Waals surface area (Å²) in [5, 5.41) is 3.52. The molecule has 0 fully saturated rings. The first-order valence-electron chi connectivity index (χ1n) is 9.88. The van der Waals surface area contributed by atoms with Crippen molar-refractivity contribution in [2.45, 2.75) is 18.4 Å². The van der Waals surface area contributed by atoms with Gasteiger partial charge in [0.1, 0.15) is 6.54 Å². The van der Waals surface area contributed by atoms with Crippen molar-refractivity contribution in [2.24, 2.45) is 0 Å². The summed E-state index contributed by atoms with van der Waals surface area (Å²) in [5.74, 6) is -0.410. The van der Waals surface area contributed by atoms with Crippen LogP contribution in [0, 0.1) is 6.92 Å². The highest BCUT2D eigenvalue weighted by Gasteiger charge is 2.30. The fourth-order valence-electron chi connectivity index (χ4n) is 3.27. The van der Waals surface area contributed by atoms with Crippen LogP contribution < -0.4 is 10.2 Å². The summed E-state index contributed by atoms with van der Waals surface area (Å²) in [6.45, 7) is 2.40. The molecule has 1 heterocycles. The summed E-state index contributed by atoms with van der Waals surface area (Å²) in [6.07, 6.45) is 1.81. The maximum Gasteiger partial charge on any atom is 0.265 e. The number of carbonyl (C=O) groups is 2. The van der Waals surface area contributed by atoms with Gasteiger partial charge in [0.15, 0.2) is 0 Å². The lowest BCUT2D eigenvalue weighted by Gasteiger charge is -2.29. The van der Waals surface area contributed by atoms with Gasteiger partial charge in [0, 0.05) is 16.5 Å². The number of carbonyl (C=O) groups excluding carboxylic acids is 2. The Bertz CT molecular complexity index is 1160. The summed E-state index contributed by atoms with van der Waals surface area (Å²) in [4.78, 5) is 28.9. The summed E-state index contributed by atoms with van der Waals surface area (Å²) in [5.41, 5.74) is 3.77. The first-order chi connectivity index (χ1) is 15.0. The highest BCUT2D eigenvalue weighted by atomic mass is 35.5. The number of amides is 2. The van der Waals surface area contributed by atoms with Gasteiger partial charge in [0.2, 0.25) is 5.91 Å². The standard InChI is InChI=1S/C25H21ClN2O2S/c1-17-9-11-18(12-10-17)15-27-24(29)16-28-21-7-2-3-8-22(21)31-23(25(28)30)14-19-5-4-6-20(26)13-19/h2-14H,15-16H2,1H3,(H,27,29). The number of hydrogen-bond donors (Lipinski definition) is 1. The Hall–Kier alpha value is -3.02. The van der Waals surface area contributed by atoms with Crippen molar-refractivity contribution in [3.05, 3.63) is 99.4 Å². The molecule has 0 bridgehead atoms. The molecular weight excluding hydrogens is 428 g/mol. The SMILES string of the molecule is Cc1ccc(CNC(=O)CN2C(=O)C(=Cc3cccc(Cl)c3)Sc3ccccc32)cc1. The molecular formula is C25H21ClN2O2S. The first-order valence-corrected chi connectivity index (χ1v) is 11.1. The zero-order valence-corrected chi connectivity index (χ0v) is 18.5. The van der Waals surface area contributed by atoms with Crippen molar-refractivity contribution in [3.63, 3.8) is 0 Å². The maximum absolute atomic E-state index is 13.2. The zero-order valence-electron chi connectivity index (χ0n) is 17.0. The number of nitrogens with zero attached hydrogens (tertiary/aromatic N) is 1. The van der Waals surface area contributed by atoms with Gasteiger partial charge in [-0.15, -0.1) is 0 Å². The van der Waals surface area contributed by atoms with Gasteiger partial charge in [-0.1, -0.05) is 77.5 Å². The van der Waals surface area contributed by atoms with Crippen molar-refractivity contribution in [3.8, 4) is 0 Å². The molecule has 1 aliphatic heterocycles. The van der Waals surface area contributed by atoms with Crippen molar-refractivity contribution < 1.29 is 9.59 Å². The smallest absolute Gasteiger partial charge is 0.265 e. The number of anilines is 1. The predicted octanol–water partition coefficient (Wildman–Crippen LogP) is 5.44. The van der Waals surface area contributed by atoms with E-state index in [-0.39, 0.29) is 18.4 Å². The number of benzene rings is 3. The van der Waals surface area contributed by atoms with Crippen LogP contribution in [-0.4, -0.2) is 18.4 Å². The quantitative estimate of drug-likeness (QED) is 0.528. The number of hydrogen-bond acceptors (Lipinski definition) is 3. The van der Waals surface area contributed by atoms with Gasteiger partial charge in [-0.2, -0.15) is 0 Å². The lowest BCUT2D eigenvalue weighted by molar-refractivity contribution is -0.122. The highest BCUT2D eigenvalue weighted by Crippen LogP contribution is 2.41. The molecule has 4 rings (SSSR count). The third-order valence-corrected chi connectivity index (χ3v) is 6.20. The second-order valence-electron chi connectivity index (χ2n) is 7.29. The van der Waals surface area contributed by atoms with Crippen LogP contribution in [0.25, 0.3) is 6.08 Å². The summed E-state index contributed by atoms with van der Waals surface area (Å²) < 4.78 is 0. The number of para-hydroxylation sites is 1. The molecule has 2 amide bonds. The van der Waals surface area contributed by atoms with Crippen LogP contribution in [0.3, 0.4) is 0 Å². The van der Waals surface area contributed by atoms with Crippen molar-refractivity contribution >= 4 is 46.9 Å². The second-order valence-corrected chi connectivity index (χ2v) is 8.81. The van der Waals surface area contributed by atoms with E-state index in [2.05, 4.69) is 5.32 Å². The van der Waals surface area contributed by atoms with Crippen LogP contribution in [0.1, 0.15) is 16.7 Å². The van der Waals surface area contributed by atoms with Crippen LogP contribution in [0.4, 0.5) is 5.69 Å². The summed E-state index contributed by atoms with van der Waals surface area (Å²) >= 11 is 7.49. The minimum atomic E-state index is -0.210. The summed E-state index contributed by atoms with van der Waals surface area (Å²) in [6, 6.07) is 22.9. The molecule has 0 atom stereocenters. The minimum absolute atomic E-state index is 0.0465. The minimum Gasteiger partial charge on any atom is -0.350 e. The molecule has 31 heavy (non-hydrogen) atoms.